The molecule has 0 radical (unpaired) electrons. The summed E-state index contributed by atoms with van der Waals surface area (Å²) in [6.07, 6.45) is 13.8. The molecule has 1 aliphatic heterocycles. The molecule has 0 unspecified atom stereocenters. The van der Waals surface area contributed by atoms with Gasteiger partial charge in [-0.2, -0.15) is 0 Å². The zero-order valence-electron chi connectivity index (χ0n) is 34.6. The van der Waals surface area contributed by atoms with Crippen LogP contribution in [0.25, 0.3) is 21.5 Å². The smallest absolute Gasteiger partial charge is 0.0525 e. The molecule has 2 aliphatic rings. The lowest BCUT2D eigenvalue weighted by Crippen LogP contribution is -2.27. The molecule has 0 fully saturated rings. The van der Waals surface area contributed by atoms with Gasteiger partial charge < -0.3 is 9.80 Å². The van der Waals surface area contributed by atoms with Crippen molar-refractivity contribution in [3.8, 4) is 0 Å². The second-order valence-corrected chi connectivity index (χ2v) is 16.9. The van der Waals surface area contributed by atoms with Crippen molar-refractivity contribution in [2.24, 2.45) is 0 Å². The molecule has 0 N–H and O–H groups in total. The number of unbranched alkanes of at least 4 members (excludes halogenated alkanes) is 1. The van der Waals surface area contributed by atoms with Crippen LogP contribution < -0.4 is 9.80 Å². The Morgan fingerprint density at radius 3 is 2.00 bits per heavy atom. The van der Waals surface area contributed by atoms with Crippen molar-refractivity contribution in [3.63, 3.8) is 0 Å². The second kappa shape index (κ2) is 15.6. The normalized spacial score (nSPS) is 16.8. The van der Waals surface area contributed by atoms with E-state index in [1.807, 2.05) is 0 Å². The monoisotopic (exact) mass is 744 g/mol. The van der Waals surface area contributed by atoms with Crippen LogP contribution in [0.5, 0.6) is 0 Å². The number of rotatable bonds is 11. The van der Waals surface area contributed by atoms with Crippen molar-refractivity contribution >= 4 is 38.6 Å². The number of fused-ring (bicyclic) bond motifs is 4. The molecule has 2 nitrogen and oxygen atoms in total. The summed E-state index contributed by atoms with van der Waals surface area (Å²) in [4.78, 5) is 5.08. The highest BCUT2D eigenvalue weighted by Crippen LogP contribution is 2.51. The number of para-hydroxylation sites is 2. The van der Waals surface area contributed by atoms with Crippen LogP contribution in [-0.4, -0.2) is 6.54 Å². The predicted molar refractivity (Wildman–Crippen MR) is 247 cm³/mol. The first-order chi connectivity index (χ1) is 27.6. The van der Waals surface area contributed by atoms with Crippen LogP contribution in [0, 0.1) is 6.92 Å². The van der Waals surface area contributed by atoms with E-state index in [0.29, 0.717) is 0 Å². The maximum Gasteiger partial charge on any atom is 0.0525 e. The lowest BCUT2D eigenvalue weighted by atomic mass is 9.74. The third kappa shape index (κ3) is 6.97. The predicted octanol–water partition coefficient (Wildman–Crippen LogP) is 15.0. The van der Waals surface area contributed by atoms with E-state index in [0.717, 1.165) is 49.2 Å². The first-order valence-corrected chi connectivity index (χ1v) is 20.8. The molecule has 1 aliphatic carbocycles. The molecule has 0 saturated heterocycles. The Bertz CT molecular complexity index is 2540. The van der Waals surface area contributed by atoms with Gasteiger partial charge in [0.05, 0.1) is 5.70 Å². The zero-order chi connectivity index (χ0) is 39.7. The lowest BCUT2D eigenvalue weighted by molar-refractivity contribution is 0.628. The van der Waals surface area contributed by atoms with Crippen LogP contribution >= 0.6 is 0 Å². The van der Waals surface area contributed by atoms with E-state index in [4.69, 9.17) is 6.58 Å². The summed E-state index contributed by atoms with van der Waals surface area (Å²) in [6.45, 7) is 19.8. The Labute approximate surface area is 340 Å². The van der Waals surface area contributed by atoms with Crippen LogP contribution in [0.3, 0.4) is 0 Å². The number of allylic oxidation sites excluding steroid dienone is 8. The van der Waals surface area contributed by atoms with Gasteiger partial charge in [-0.3, -0.25) is 0 Å². The molecule has 286 valence electrons. The maximum atomic E-state index is 4.74. The van der Waals surface area contributed by atoms with Crippen molar-refractivity contribution in [1.29, 1.82) is 0 Å². The number of nitrogens with zero attached hydrogens (tertiary/aromatic N) is 2. The number of anilines is 3. The van der Waals surface area contributed by atoms with Crippen molar-refractivity contribution < 1.29 is 0 Å². The first kappa shape index (κ1) is 38.0. The minimum Gasteiger partial charge on any atom is -0.344 e. The minimum atomic E-state index is -0.266. The zero-order valence-corrected chi connectivity index (χ0v) is 34.6. The molecule has 6 aromatic carbocycles. The molecule has 0 bridgehead atoms. The number of benzene rings is 6. The Morgan fingerprint density at radius 1 is 0.737 bits per heavy atom. The second-order valence-electron chi connectivity index (χ2n) is 16.9. The van der Waals surface area contributed by atoms with Gasteiger partial charge in [-0.1, -0.05) is 169 Å². The van der Waals surface area contributed by atoms with Crippen LogP contribution in [0.2, 0.25) is 0 Å². The summed E-state index contributed by atoms with van der Waals surface area (Å²) in [5.74, 6) is 0. The molecule has 0 atom stereocenters. The Hall–Kier alpha value is -5.86. The number of aryl methyl sites for hydroxylation is 1. The molecular formula is C55H56N2. The molecule has 0 amide bonds. The van der Waals surface area contributed by atoms with E-state index in [2.05, 4.69) is 209 Å². The van der Waals surface area contributed by atoms with Gasteiger partial charge in [0.15, 0.2) is 0 Å². The minimum absolute atomic E-state index is 0.159. The summed E-state index contributed by atoms with van der Waals surface area (Å²) in [5, 5.41) is 5.23. The van der Waals surface area contributed by atoms with Crippen LogP contribution in [0.15, 0.2) is 192 Å². The van der Waals surface area contributed by atoms with Crippen LogP contribution in [0.1, 0.15) is 77.0 Å². The maximum absolute atomic E-state index is 4.74. The van der Waals surface area contributed by atoms with E-state index < -0.39 is 0 Å². The highest BCUT2D eigenvalue weighted by molar-refractivity contribution is 5.95. The van der Waals surface area contributed by atoms with Gasteiger partial charge in [-0.15, -0.1) is 0 Å². The molecular weight excluding hydrogens is 689 g/mol. The largest absolute Gasteiger partial charge is 0.344 e. The topological polar surface area (TPSA) is 6.48 Å². The van der Waals surface area contributed by atoms with Crippen molar-refractivity contribution in [3.05, 3.63) is 209 Å². The Balaban J connectivity index is 1.27. The Kier molecular flexibility index (Phi) is 10.4. The molecule has 1 heterocycles. The van der Waals surface area contributed by atoms with Gasteiger partial charge in [-0.25, -0.2) is 0 Å². The molecule has 57 heavy (non-hydrogen) atoms. The summed E-state index contributed by atoms with van der Waals surface area (Å²) in [6, 6.07) is 48.5. The molecule has 0 aromatic heterocycles. The highest BCUT2D eigenvalue weighted by atomic mass is 15.2. The fourth-order valence-corrected chi connectivity index (χ4v) is 9.44. The van der Waals surface area contributed by atoms with Crippen molar-refractivity contribution in [2.45, 2.75) is 78.1 Å². The van der Waals surface area contributed by atoms with E-state index in [1.165, 1.54) is 66.5 Å². The summed E-state index contributed by atoms with van der Waals surface area (Å²) >= 11 is 0. The third-order valence-electron chi connectivity index (χ3n) is 12.5. The molecule has 6 aromatic rings. The van der Waals surface area contributed by atoms with E-state index in [9.17, 15) is 0 Å². The molecule has 0 saturated carbocycles. The van der Waals surface area contributed by atoms with Gasteiger partial charge in [0.2, 0.25) is 0 Å². The van der Waals surface area contributed by atoms with Crippen LogP contribution in [0.4, 0.5) is 17.1 Å². The van der Waals surface area contributed by atoms with Gasteiger partial charge >= 0.3 is 0 Å². The average Bonchev–Trinajstić information content (AvgIpc) is 3.72. The fraction of sp³-hybridized carbons (Fsp3) is 0.236. The molecule has 8 rings (SSSR count). The summed E-state index contributed by atoms with van der Waals surface area (Å²) in [5.41, 5.74) is 13.7. The van der Waals surface area contributed by atoms with Crippen molar-refractivity contribution in [1.82, 2.24) is 0 Å². The summed E-state index contributed by atoms with van der Waals surface area (Å²) in [7, 11) is 0. The van der Waals surface area contributed by atoms with Gasteiger partial charge in [0.25, 0.3) is 0 Å². The van der Waals surface area contributed by atoms with Gasteiger partial charge in [0, 0.05) is 40.1 Å². The standard InChI is InChI=1S/C55H56N2/c1-8-9-38-56-49-36-34-42-21-17-19-27-48(42)52(49)55(6,7)50(56)37-35-44-33-32-43(53(44)57(45-22-12-10-13-23-45)46-24-14-11-15-25-46)31-29-40(3)54(4,5)51-39(2)28-30-41-20-16-18-26-47(41)51/h10-31,34-37H,3,8-9,32-33,38H2,1-2,4-7H3/b31-29+,44-35+,50-37+. The van der Waals surface area contributed by atoms with Gasteiger partial charge in [0.1, 0.15) is 0 Å². The number of hydrogen-bond donors (Lipinski definition) is 0. The molecule has 0 spiro atoms. The molecule has 2 heteroatoms. The van der Waals surface area contributed by atoms with E-state index in [1.54, 1.807) is 0 Å². The quantitative estimate of drug-likeness (QED) is 0.122. The Morgan fingerprint density at radius 2 is 1.33 bits per heavy atom. The number of hydrogen-bond acceptors (Lipinski definition) is 2. The lowest BCUT2D eigenvalue weighted by Gasteiger charge is -2.30. The SMILES string of the molecule is C=C(/C=C/C1=C(N(c2ccccc2)c2ccccc2)C(=C/C=C2/N(CCCC)c3ccc4ccccc4c3C2(C)C)/CC1)C(C)(C)c1c(C)ccc2ccccc12. The van der Waals surface area contributed by atoms with E-state index >= 15 is 0 Å². The fourth-order valence-electron chi connectivity index (χ4n) is 9.44. The first-order valence-electron chi connectivity index (χ1n) is 20.8. The highest BCUT2D eigenvalue weighted by Gasteiger charge is 2.41. The van der Waals surface area contributed by atoms with Crippen LogP contribution in [-0.2, 0) is 10.8 Å². The van der Waals surface area contributed by atoms with Crippen molar-refractivity contribution in [2.75, 3.05) is 16.3 Å². The summed E-state index contributed by atoms with van der Waals surface area (Å²) < 4.78 is 0. The van der Waals surface area contributed by atoms with E-state index in [-0.39, 0.29) is 10.8 Å². The van der Waals surface area contributed by atoms with Gasteiger partial charge in [-0.05, 0) is 118 Å². The average molecular weight is 745 g/mol. The third-order valence-corrected chi connectivity index (χ3v) is 12.5.